The molecule has 1 aliphatic rings. The van der Waals surface area contributed by atoms with E-state index in [1.165, 1.54) is 12.1 Å². The van der Waals surface area contributed by atoms with E-state index in [0.717, 1.165) is 12.8 Å². The molecular formula is C21H20FN3O3. The number of hydrogen-bond acceptors (Lipinski definition) is 5. The molecule has 0 N–H and O–H groups in total. The molecule has 1 saturated heterocycles. The van der Waals surface area contributed by atoms with Gasteiger partial charge in [0.2, 0.25) is 11.7 Å². The number of nitrogens with zero attached hydrogens (tertiary/aromatic N) is 3. The Labute approximate surface area is 161 Å². The lowest BCUT2D eigenvalue weighted by Gasteiger charge is -2.30. The minimum Gasteiger partial charge on any atom is -0.484 e. The summed E-state index contributed by atoms with van der Waals surface area (Å²) in [5.74, 6) is 1.20. The number of aromatic nitrogens is 2. The summed E-state index contributed by atoms with van der Waals surface area (Å²) in [7, 11) is 0. The maximum Gasteiger partial charge on any atom is 0.260 e. The highest BCUT2D eigenvalue weighted by Crippen LogP contribution is 2.27. The van der Waals surface area contributed by atoms with E-state index >= 15 is 0 Å². The van der Waals surface area contributed by atoms with Gasteiger partial charge in [0, 0.05) is 18.7 Å². The normalized spacial score (nSPS) is 16.8. The van der Waals surface area contributed by atoms with Gasteiger partial charge in [-0.3, -0.25) is 4.79 Å². The fourth-order valence-electron chi connectivity index (χ4n) is 3.28. The quantitative estimate of drug-likeness (QED) is 0.675. The zero-order valence-corrected chi connectivity index (χ0v) is 15.3. The van der Waals surface area contributed by atoms with E-state index in [2.05, 4.69) is 10.1 Å². The monoisotopic (exact) mass is 381 g/mol. The minimum atomic E-state index is -0.313. The van der Waals surface area contributed by atoms with E-state index in [4.69, 9.17) is 9.26 Å². The van der Waals surface area contributed by atoms with Gasteiger partial charge >= 0.3 is 0 Å². The van der Waals surface area contributed by atoms with Crippen molar-refractivity contribution in [2.24, 2.45) is 0 Å². The van der Waals surface area contributed by atoms with E-state index in [-0.39, 0.29) is 24.2 Å². The Morgan fingerprint density at radius 2 is 1.96 bits per heavy atom. The molecule has 144 valence electrons. The summed E-state index contributed by atoms with van der Waals surface area (Å²) < 4.78 is 24.1. The summed E-state index contributed by atoms with van der Waals surface area (Å²) in [6.45, 7) is 1.20. The third kappa shape index (κ3) is 4.19. The molecule has 0 radical (unpaired) electrons. The van der Waals surface area contributed by atoms with Gasteiger partial charge in [0.05, 0.1) is 5.92 Å². The van der Waals surface area contributed by atoms with Crippen molar-refractivity contribution in [3.63, 3.8) is 0 Å². The molecule has 1 atom stereocenters. The van der Waals surface area contributed by atoms with Gasteiger partial charge in [-0.15, -0.1) is 0 Å². The number of piperidine rings is 1. The van der Waals surface area contributed by atoms with Crippen molar-refractivity contribution in [3.05, 3.63) is 66.3 Å². The molecule has 6 nitrogen and oxygen atoms in total. The number of halogens is 1. The standard InChI is InChI=1S/C21H20FN3O3/c22-17-10-8-15(9-11-17)20-23-21(28-24-20)16-5-4-12-25(13-16)19(26)14-27-18-6-2-1-3-7-18/h1-3,6-11,16H,4-5,12-14H2/t16-/m1/s1. The van der Waals surface area contributed by atoms with Gasteiger partial charge in [-0.1, -0.05) is 23.4 Å². The van der Waals surface area contributed by atoms with Crippen LogP contribution in [0.2, 0.25) is 0 Å². The van der Waals surface area contributed by atoms with Crippen LogP contribution in [0.15, 0.2) is 59.1 Å². The second kappa shape index (κ2) is 8.21. The Kier molecular flexibility index (Phi) is 5.32. The second-order valence-electron chi connectivity index (χ2n) is 6.74. The van der Waals surface area contributed by atoms with Gasteiger partial charge < -0.3 is 14.2 Å². The lowest BCUT2D eigenvalue weighted by Crippen LogP contribution is -2.41. The Hall–Kier alpha value is -3.22. The molecule has 1 fully saturated rings. The molecule has 2 heterocycles. The van der Waals surface area contributed by atoms with E-state index in [0.29, 0.717) is 36.1 Å². The smallest absolute Gasteiger partial charge is 0.260 e. The average Bonchev–Trinajstić information content (AvgIpc) is 3.24. The van der Waals surface area contributed by atoms with Crippen LogP contribution in [0.4, 0.5) is 4.39 Å². The maximum atomic E-state index is 13.1. The first-order chi connectivity index (χ1) is 13.7. The summed E-state index contributed by atoms with van der Waals surface area (Å²) in [6.07, 6.45) is 1.73. The number of hydrogen-bond donors (Lipinski definition) is 0. The van der Waals surface area contributed by atoms with Crippen LogP contribution >= 0.6 is 0 Å². The molecule has 4 rings (SSSR count). The summed E-state index contributed by atoms with van der Waals surface area (Å²) in [5.41, 5.74) is 0.691. The molecule has 1 aromatic heterocycles. The molecule has 1 aliphatic heterocycles. The number of para-hydroxylation sites is 1. The van der Waals surface area contributed by atoms with Crippen LogP contribution in [0.1, 0.15) is 24.7 Å². The lowest BCUT2D eigenvalue weighted by atomic mass is 9.98. The molecule has 0 spiro atoms. The van der Waals surface area contributed by atoms with Gasteiger partial charge in [-0.2, -0.15) is 4.98 Å². The number of carbonyl (C=O) groups excluding carboxylic acids is 1. The first kappa shape index (κ1) is 18.2. The fourth-order valence-corrected chi connectivity index (χ4v) is 3.28. The van der Waals surface area contributed by atoms with Crippen LogP contribution in [0.25, 0.3) is 11.4 Å². The van der Waals surface area contributed by atoms with Crippen molar-refractivity contribution >= 4 is 5.91 Å². The molecule has 0 unspecified atom stereocenters. The topological polar surface area (TPSA) is 68.5 Å². The summed E-state index contributed by atoms with van der Waals surface area (Å²) in [4.78, 5) is 18.7. The molecule has 1 amide bonds. The number of ether oxygens (including phenoxy) is 1. The molecule has 28 heavy (non-hydrogen) atoms. The molecule has 7 heteroatoms. The minimum absolute atomic E-state index is 0.00139. The first-order valence-corrected chi connectivity index (χ1v) is 9.24. The number of likely N-dealkylation sites (tertiary alicyclic amines) is 1. The lowest BCUT2D eigenvalue weighted by molar-refractivity contribution is -0.134. The van der Waals surface area contributed by atoms with Crippen LogP contribution in [-0.4, -0.2) is 40.6 Å². The largest absolute Gasteiger partial charge is 0.484 e. The SMILES string of the molecule is O=C(COc1ccccc1)N1CCC[C@@H](c2nc(-c3ccc(F)cc3)no2)C1. The zero-order valence-electron chi connectivity index (χ0n) is 15.3. The molecular weight excluding hydrogens is 361 g/mol. The Morgan fingerprint density at radius 3 is 2.75 bits per heavy atom. The highest BCUT2D eigenvalue weighted by Gasteiger charge is 2.29. The third-order valence-corrected chi connectivity index (χ3v) is 4.77. The highest BCUT2D eigenvalue weighted by atomic mass is 19.1. The third-order valence-electron chi connectivity index (χ3n) is 4.77. The van der Waals surface area contributed by atoms with Crippen molar-refractivity contribution in [3.8, 4) is 17.1 Å². The first-order valence-electron chi connectivity index (χ1n) is 9.24. The fraction of sp³-hybridized carbons (Fsp3) is 0.286. The number of benzene rings is 2. The maximum absolute atomic E-state index is 13.1. The Bertz CT molecular complexity index is 928. The van der Waals surface area contributed by atoms with Gasteiger partial charge in [-0.05, 0) is 49.2 Å². The van der Waals surface area contributed by atoms with Crippen LogP contribution < -0.4 is 4.74 Å². The van der Waals surface area contributed by atoms with E-state index in [1.54, 1.807) is 17.0 Å². The molecule has 3 aromatic rings. The highest BCUT2D eigenvalue weighted by molar-refractivity contribution is 5.78. The van der Waals surface area contributed by atoms with E-state index < -0.39 is 0 Å². The number of rotatable bonds is 5. The summed E-state index contributed by atoms with van der Waals surface area (Å²) in [6, 6.07) is 15.2. The summed E-state index contributed by atoms with van der Waals surface area (Å²) >= 11 is 0. The van der Waals surface area contributed by atoms with E-state index in [9.17, 15) is 9.18 Å². The summed E-state index contributed by atoms with van der Waals surface area (Å²) in [5, 5.41) is 4.00. The van der Waals surface area contributed by atoms with E-state index in [1.807, 2.05) is 30.3 Å². The second-order valence-corrected chi connectivity index (χ2v) is 6.74. The molecule has 0 saturated carbocycles. The van der Waals surface area contributed by atoms with Gasteiger partial charge in [0.1, 0.15) is 11.6 Å². The van der Waals surface area contributed by atoms with Crippen LogP contribution in [0, 0.1) is 5.82 Å². The average molecular weight is 381 g/mol. The van der Waals surface area contributed by atoms with Crippen molar-refractivity contribution < 1.29 is 18.4 Å². The number of carbonyl (C=O) groups is 1. The number of amides is 1. The van der Waals surface area contributed by atoms with Crippen molar-refractivity contribution in [1.29, 1.82) is 0 Å². The zero-order chi connectivity index (χ0) is 19.3. The van der Waals surface area contributed by atoms with Crippen LogP contribution in [0.3, 0.4) is 0 Å². The van der Waals surface area contributed by atoms with Crippen LogP contribution in [0.5, 0.6) is 5.75 Å². The molecule has 2 aromatic carbocycles. The van der Waals surface area contributed by atoms with Crippen molar-refractivity contribution in [1.82, 2.24) is 15.0 Å². The van der Waals surface area contributed by atoms with Gasteiger partial charge in [-0.25, -0.2) is 4.39 Å². The Morgan fingerprint density at radius 1 is 1.18 bits per heavy atom. The van der Waals surface area contributed by atoms with Crippen LogP contribution in [-0.2, 0) is 4.79 Å². The van der Waals surface area contributed by atoms with Crippen molar-refractivity contribution in [2.75, 3.05) is 19.7 Å². The molecule has 0 bridgehead atoms. The van der Waals surface area contributed by atoms with Gasteiger partial charge in [0.25, 0.3) is 5.91 Å². The Balaban J connectivity index is 1.38. The molecule has 0 aliphatic carbocycles. The predicted molar refractivity (Wildman–Crippen MR) is 100 cm³/mol. The predicted octanol–water partition coefficient (Wildman–Crippen LogP) is 3.66. The van der Waals surface area contributed by atoms with Crippen molar-refractivity contribution in [2.45, 2.75) is 18.8 Å². The van der Waals surface area contributed by atoms with Gasteiger partial charge in [0.15, 0.2) is 6.61 Å².